The molecule has 0 saturated carbocycles. The number of nitrogen functional groups attached to an aromatic ring is 1. The summed E-state index contributed by atoms with van der Waals surface area (Å²) in [5.74, 6) is 0.596. The smallest absolute Gasteiger partial charge is 0.254 e. The number of carbonyl (C=O) groups is 2. The summed E-state index contributed by atoms with van der Waals surface area (Å²) in [4.78, 5) is 30.6. The minimum Gasteiger partial charge on any atom is -0.367 e. The Morgan fingerprint density at radius 3 is 2.68 bits per heavy atom. The van der Waals surface area contributed by atoms with Crippen molar-refractivity contribution < 1.29 is 9.59 Å². The van der Waals surface area contributed by atoms with Crippen LogP contribution in [0.5, 0.6) is 0 Å². The van der Waals surface area contributed by atoms with Gasteiger partial charge in [0.25, 0.3) is 5.91 Å². The third-order valence-electron chi connectivity index (χ3n) is 4.51. The van der Waals surface area contributed by atoms with Gasteiger partial charge < -0.3 is 16.0 Å². The molecule has 0 bridgehead atoms. The highest BCUT2D eigenvalue weighted by atomic mass is 16.2. The van der Waals surface area contributed by atoms with Crippen molar-refractivity contribution in [3.05, 3.63) is 41.2 Å². The van der Waals surface area contributed by atoms with Crippen molar-refractivity contribution in [1.82, 2.24) is 25.4 Å². The number of nitrogens with two attached hydrogens (primary N) is 1. The van der Waals surface area contributed by atoms with Gasteiger partial charge in [-0.3, -0.25) is 14.7 Å². The average Bonchev–Trinajstić information content (AvgIpc) is 3.05. The first-order valence-corrected chi connectivity index (χ1v) is 8.34. The molecule has 4 N–H and O–H groups in total. The number of aromatic amines is 1. The van der Waals surface area contributed by atoms with Gasteiger partial charge in [-0.25, -0.2) is 0 Å². The van der Waals surface area contributed by atoms with Crippen molar-refractivity contribution in [3.8, 4) is 0 Å². The Bertz CT molecular complexity index is 764. The summed E-state index contributed by atoms with van der Waals surface area (Å²) < 4.78 is 0. The van der Waals surface area contributed by atoms with Gasteiger partial charge in [0, 0.05) is 24.6 Å². The van der Waals surface area contributed by atoms with Crippen molar-refractivity contribution in [1.29, 1.82) is 0 Å². The Hall–Kier alpha value is -2.90. The lowest BCUT2D eigenvalue weighted by atomic mass is 9.95. The van der Waals surface area contributed by atoms with E-state index in [2.05, 4.69) is 20.5 Å². The number of benzene rings is 1. The van der Waals surface area contributed by atoms with E-state index >= 15 is 0 Å². The van der Waals surface area contributed by atoms with Gasteiger partial charge in [0.1, 0.15) is 5.82 Å². The minimum atomic E-state index is -0.0961. The molecule has 2 amide bonds. The highest BCUT2D eigenvalue weighted by Gasteiger charge is 2.28. The van der Waals surface area contributed by atoms with E-state index in [0.717, 1.165) is 11.1 Å². The summed E-state index contributed by atoms with van der Waals surface area (Å²) in [5.41, 5.74) is 7.13. The third-order valence-corrected chi connectivity index (χ3v) is 4.51. The number of hydrogen-bond donors (Lipinski definition) is 3. The van der Waals surface area contributed by atoms with Gasteiger partial charge in [0.15, 0.2) is 0 Å². The monoisotopic (exact) mass is 342 g/mol. The van der Waals surface area contributed by atoms with E-state index in [1.165, 1.54) is 0 Å². The topological polar surface area (TPSA) is 117 Å². The van der Waals surface area contributed by atoms with Crippen molar-refractivity contribution in [3.63, 3.8) is 0 Å². The molecule has 0 unspecified atom stereocenters. The predicted molar refractivity (Wildman–Crippen MR) is 92.4 cm³/mol. The number of nitrogens with zero attached hydrogens (tertiary/aromatic N) is 3. The molecule has 1 aromatic carbocycles. The zero-order valence-electron chi connectivity index (χ0n) is 14.2. The first-order valence-electron chi connectivity index (χ1n) is 8.34. The second kappa shape index (κ2) is 7.33. The molecule has 25 heavy (non-hydrogen) atoms. The Morgan fingerprint density at radius 2 is 2.04 bits per heavy atom. The summed E-state index contributed by atoms with van der Waals surface area (Å²) in [6.07, 6.45) is 1.31. The largest absolute Gasteiger partial charge is 0.367 e. The third kappa shape index (κ3) is 3.96. The highest BCUT2D eigenvalue weighted by molar-refractivity contribution is 5.95. The summed E-state index contributed by atoms with van der Waals surface area (Å²) in [6, 6.07) is 7.57. The van der Waals surface area contributed by atoms with Gasteiger partial charge in [-0.05, 0) is 31.4 Å². The van der Waals surface area contributed by atoms with Crippen molar-refractivity contribution in [2.24, 2.45) is 5.92 Å². The van der Waals surface area contributed by atoms with Gasteiger partial charge >= 0.3 is 0 Å². The van der Waals surface area contributed by atoms with Crippen molar-refractivity contribution >= 4 is 17.8 Å². The second-order valence-electron chi connectivity index (χ2n) is 6.24. The summed E-state index contributed by atoms with van der Waals surface area (Å²) in [6.45, 7) is 3.37. The standard InChI is InChI=1S/C17H22N6O2/c1-11-4-2-3-5-13(11)16(25)23-8-6-12(7-9-23)15(24)19-10-14-20-17(18)22-21-14/h2-5,12H,6-10H2,1H3,(H,19,24)(H3,18,20,21,22). The minimum absolute atomic E-state index is 0.0297. The molecule has 0 radical (unpaired) electrons. The molecule has 1 aromatic heterocycles. The van der Waals surface area contributed by atoms with E-state index < -0.39 is 0 Å². The van der Waals surface area contributed by atoms with Crippen LogP contribution in [0.3, 0.4) is 0 Å². The first kappa shape index (κ1) is 16.9. The number of anilines is 1. The van der Waals surface area contributed by atoms with Crippen LogP contribution in [0, 0.1) is 12.8 Å². The second-order valence-corrected chi connectivity index (χ2v) is 6.24. The van der Waals surface area contributed by atoms with Crippen molar-refractivity contribution in [2.75, 3.05) is 18.8 Å². The predicted octanol–water partition coefficient (Wildman–Crippen LogP) is 0.864. The Balaban J connectivity index is 1.50. The van der Waals surface area contributed by atoms with Crippen LogP contribution in [0.25, 0.3) is 0 Å². The maximum Gasteiger partial charge on any atom is 0.254 e. The highest BCUT2D eigenvalue weighted by Crippen LogP contribution is 2.20. The molecule has 8 nitrogen and oxygen atoms in total. The van der Waals surface area contributed by atoms with E-state index in [1.54, 1.807) is 0 Å². The first-order chi connectivity index (χ1) is 12.0. The maximum absolute atomic E-state index is 12.6. The number of likely N-dealkylation sites (tertiary alicyclic amines) is 1. The van der Waals surface area contributed by atoms with Gasteiger partial charge in [0.05, 0.1) is 6.54 Å². The molecule has 132 valence electrons. The van der Waals surface area contributed by atoms with E-state index in [1.807, 2.05) is 36.1 Å². The van der Waals surface area contributed by atoms with E-state index in [-0.39, 0.29) is 30.2 Å². The van der Waals surface area contributed by atoms with Crippen LogP contribution in [-0.2, 0) is 11.3 Å². The molecule has 1 saturated heterocycles. The number of aryl methyl sites for hydroxylation is 1. The molecule has 3 rings (SSSR count). The molecular weight excluding hydrogens is 320 g/mol. The number of carbonyl (C=O) groups excluding carboxylic acids is 2. The number of piperidine rings is 1. The van der Waals surface area contributed by atoms with Crippen molar-refractivity contribution in [2.45, 2.75) is 26.3 Å². The molecule has 0 atom stereocenters. The molecule has 0 spiro atoms. The molecular formula is C17H22N6O2. The number of H-pyrrole nitrogens is 1. The maximum atomic E-state index is 12.6. The molecule has 1 fully saturated rings. The number of rotatable bonds is 4. The van der Waals surface area contributed by atoms with Crippen LogP contribution in [0.15, 0.2) is 24.3 Å². The fourth-order valence-electron chi connectivity index (χ4n) is 3.03. The molecule has 2 heterocycles. The number of nitrogens with one attached hydrogen (secondary N) is 2. The number of amides is 2. The lowest BCUT2D eigenvalue weighted by Crippen LogP contribution is -2.43. The SMILES string of the molecule is Cc1ccccc1C(=O)N1CCC(C(=O)NCc2nc(N)n[nH]2)CC1. The summed E-state index contributed by atoms with van der Waals surface area (Å²) >= 11 is 0. The molecule has 8 heteroatoms. The molecule has 0 aliphatic carbocycles. The zero-order valence-corrected chi connectivity index (χ0v) is 14.2. The van der Waals surface area contributed by atoms with Crippen LogP contribution in [0.4, 0.5) is 5.95 Å². The fourth-order valence-corrected chi connectivity index (χ4v) is 3.03. The Morgan fingerprint density at radius 1 is 1.32 bits per heavy atom. The average molecular weight is 342 g/mol. The number of aromatic nitrogens is 3. The zero-order chi connectivity index (χ0) is 17.8. The Labute approximate surface area is 145 Å². The Kier molecular flexibility index (Phi) is 4.97. The fraction of sp³-hybridized carbons (Fsp3) is 0.412. The summed E-state index contributed by atoms with van der Waals surface area (Å²) in [7, 11) is 0. The van der Waals surface area contributed by atoms with Crippen LogP contribution in [-0.4, -0.2) is 45.0 Å². The van der Waals surface area contributed by atoms with E-state index in [4.69, 9.17) is 5.73 Å². The van der Waals surface area contributed by atoms with Gasteiger partial charge in [-0.2, -0.15) is 4.98 Å². The van der Waals surface area contributed by atoms with Gasteiger partial charge in [0.2, 0.25) is 11.9 Å². The van der Waals surface area contributed by atoms with Crippen LogP contribution >= 0.6 is 0 Å². The van der Waals surface area contributed by atoms with Crippen LogP contribution < -0.4 is 11.1 Å². The lowest BCUT2D eigenvalue weighted by Gasteiger charge is -2.31. The van der Waals surface area contributed by atoms with E-state index in [0.29, 0.717) is 31.8 Å². The van der Waals surface area contributed by atoms with Crippen LogP contribution in [0.2, 0.25) is 0 Å². The molecule has 1 aliphatic rings. The normalized spacial score (nSPS) is 15.2. The van der Waals surface area contributed by atoms with Crippen LogP contribution in [0.1, 0.15) is 34.6 Å². The molecule has 2 aromatic rings. The quantitative estimate of drug-likeness (QED) is 0.762. The lowest BCUT2D eigenvalue weighted by molar-refractivity contribution is -0.126. The van der Waals surface area contributed by atoms with E-state index in [9.17, 15) is 9.59 Å². The summed E-state index contributed by atoms with van der Waals surface area (Å²) in [5, 5.41) is 9.21. The van der Waals surface area contributed by atoms with Gasteiger partial charge in [-0.1, -0.05) is 18.2 Å². The molecule has 1 aliphatic heterocycles. The van der Waals surface area contributed by atoms with Gasteiger partial charge in [-0.15, -0.1) is 5.10 Å². The number of hydrogen-bond acceptors (Lipinski definition) is 5.